The highest BCUT2D eigenvalue weighted by atomic mass is 32.2. The lowest BCUT2D eigenvalue weighted by Crippen LogP contribution is -2.29. The van der Waals surface area contributed by atoms with Crippen molar-refractivity contribution in [1.82, 2.24) is 14.9 Å². The Hall–Kier alpha value is -2.32. The SMILES string of the molecule is CN(CCCNC(=O)CSc1nc2ccsc2c(=O)n1C)c1ccccc1. The van der Waals surface area contributed by atoms with Crippen molar-refractivity contribution in [2.24, 2.45) is 7.05 Å². The number of rotatable bonds is 8. The highest BCUT2D eigenvalue weighted by Gasteiger charge is 2.11. The lowest BCUT2D eigenvalue weighted by Gasteiger charge is -2.19. The molecule has 2 aromatic heterocycles. The van der Waals surface area contributed by atoms with Gasteiger partial charge in [-0.05, 0) is 30.0 Å². The fourth-order valence-electron chi connectivity index (χ4n) is 2.63. The van der Waals surface area contributed by atoms with E-state index in [4.69, 9.17) is 0 Å². The summed E-state index contributed by atoms with van der Waals surface area (Å²) in [5.41, 5.74) is 1.78. The topological polar surface area (TPSA) is 67.2 Å². The van der Waals surface area contributed by atoms with Gasteiger partial charge < -0.3 is 10.2 Å². The summed E-state index contributed by atoms with van der Waals surface area (Å²) >= 11 is 2.67. The van der Waals surface area contributed by atoms with Crippen molar-refractivity contribution in [3.05, 3.63) is 52.1 Å². The molecule has 0 radical (unpaired) electrons. The van der Waals surface area contributed by atoms with E-state index >= 15 is 0 Å². The van der Waals surface area contributed by atoms with Crippen molar-refractivity contribution in [3.63, 3.8) is 0 Å². The maximum absolute atomic E-state index is 12.3. The number of hydrogen-bond acceptors (Lipinski definition) is 6. The van der Waals surface area contributed by atoms with Crippen molar-refractivity contribution in [2.75, 3.05) is 30.8 Å². The van der Waals surface area contributed by atoms with Gasteiger partial charge in [0.15, 0.2) is 5.16 Å². The van der Waals surface area contributed by atoms with Crippen molar-refractivity contribution >= 4 is 44.9 Å². The van der Waals surface area contributed by atoms with Gasteiger partial charge in [-0.3, -0.25) is 14.2 Å². The number of thiophene rings is 1. The van der Waals surface area contributed by atoms with Crippen LogP contribution in [0.3, 0.4) is 0 Å². The van der Waals surface area contributed by atoms with Crippen LogP contribution in [0.25, 0.3) is 10.2 Å². The molecule has 6 nitrogen and oxygen atoms in total. The molecule has 1 amide bonds. The predicted molar refractivity (Wildman–Crippen MR) is 113 cm³/mol. The van der Waals surface area contributed by atoms with E-state index in [2.05, 4.69) is 27.3 Å². The Labute approximate surface area is 166 Å². The zero-order chi connectivity index (χ0) is 19.2. The maximum atomic E-state index is 12.3. The number of thioether (sulfide) groups is 1. The van der Waals surface area contributed by atoms with E-state index < -0.39 is 0 Å². The second-order valence-electron chi connectivity index (χ2n) is 6.14. The van der Waals surface area contributed by atoms with Crippen molar-refractivity contribution in [1.29, 1.82) is 0 Å². The Morgan fingerprint density at radius 3 is 2.85 bits per heavy atom. The van der Waals surface area contributed by atoms with Crippen LogP contribution in [0, 0.1) is 0 Å². The third kappa shape index (κ3) is 4.90. The van der Waals surface area contributed by atoms with Crippen LogP contribution in [0.4, 0.5) is 5.69 Å². The second kappa shape index (κ2) is 9.05. The molecule has 0 aliphatic heterocycles. The number of hydrogen-bond donors (Lipinski definition) is 1. The van der Waals surface area contributed by atoms with Gasteiger partial charge in [-0.1, -0.05) is 30.0 Å². The zero-order valence-electron chi connectivity index (χ0n) is 15.3. The number of aromatic nitrogens is 2. The molecule has 0 aliphatic rings. The molecule has 1 aromatic carbocycles. The summed E-state index contributed by atoms with van der Waals surface area (Å²) in [5, 5.41) is 5.34. The number of carbonyl (C=O) groups is 1. The molecular formula is C19H22N4O2S2. The smallest absolute Gasteiger partial charge is 0.271 e. The number of nitrogens with zero attached hydrogens (tertiary/aromatic N) is 3. The lowest BCUT2D eigenvalue weighted by atomic mass is 10.3. The molecule has 142 valence electrons. The number of para-hydroxylation sites is 1. The monoisotopic (exact) mass is 402 g/mol. The highest BCUT2D eigenvalue weighted by Crippen LogP contribution is 2.19. The number of nitrogens with one attached hydrogen (secondary N) is 1. The van der Waals surface area contributed by atoms with Crippen molar-refractivity contribution in [2.45, 2.75) is 11.6 Å². The molecule has 2 heterocycles. The predicted octanol–water partition coefficient (Wildman–Crippen LogP) is 2.73. The van der Waals surface area contributed by atoms with Gasteiger partial charge in [0.1, 0.15) is 4.70 Å². The van der Waals surface area contributed by atoms with E-state index in [9.17, 15) is 9.59 Å². The molecule has 0 atom stereocenters. The van der Waals surface area contributed by atoms with E-state index in [-0.39, 0.29) is 17.2 Å². The molecule has 3 aromatic rings. The van der Waals surface area contributed by atoms with E-state index in [0.717, 1.165) is 18.7 Å². The minimum atomic E-state index is -0.0677. The number of anilines is 1. The Balaban J connectivity index is 1.44. The first kappa shape index (κ1) is 19.4. The normalized spacial score (nSPS) is 10.9. The first-order valence-corrected chi connectivity index (χ1v) is 10.5. The van der Waals surface area contributed by atoms with Crippen LogP contribution < -0.4 is 15.8 Å². The molecule has 0 saturated heterocycles. The summed E-state index contributed by atoms with van der Waals surface area (Å²) < 4.78 is 2.15. The minimum absolute atomic E-state index is 0.0537. The van der Waals surface area contributed by atoms with E-state index in [1.165, 1.54) is 27.7 Å². The van der Waals surface area contributed by atoms with Gasteiger partial charge in [-0.15, -0.1) is 11.3 Å². The standard InChI is InChI=1S/C19H22N4O2S2/c1-22(14-7-4-3-5-8-14)11-6-10-20-16(24)13-27-19-21-15-9-12-26-17(15)18(25)23(19)2/h3-5,7-9,12H,6,10-11,13H2,1-2H3,(H,20,24). The average Bonchev–Trinajstić information content (AvgIpc) is 3.16. The second-order valence-corrected chi connectivity index (χ2v) is 8.00. The summed E-state index contributed by atoms with van der Waals surface area (Å²) in [6.07, 6.45) is 0.861. The average molecular weight is 403 g/mol. The van der Waals surface area contributed by atoms with Gasteiger partial charge >= 0.3 is 0 Å². The number of amides is 1. The van der Waals surface area contributed by atoms with Gasteiger partial charge in [0.05, 0.1) is 11.3 Å². The summed E-state index contributed by atoms with van der Waals surface area (Å²) in [4.78, 5) is 31.0. The van der Waals surface area contributed by atoms with Crippen LogP contribution in [-0.4, -0.2) is 41.3 Å². The van der Waals surface area contributed by atoms with Crippen molar-refractivity contribution in [3.8, 4) is 0 Å². The van der Waals surface area contributed by atoms with Crippen LogP contribution in [0.1, 0.15) is 6.42 Å². The summed E-state index contributed by atoms with van der Waals surface area (Å²) in [6.45, 7) is 1.48. The van der Waals surface area contributed by atoms with Crippen molar-refractivity contribution < 1.29 is 4.79 Å². The molecule has 27 heavy (non-hydrogen) atoms. The first-order chi connectivity index (χ1) is 13.1. The molecule has 1 N–H and O–H groups in total. The molecule has 0 unspecified atom stereocenters. The number of fused-ring (bicyclic) bond motifs is 1. The molecule has 0 fully saturated rings. The fourth-order valence-corrected chi connectivity index (χ4v) is 4.24. The first-order valence-electron chi connectivity index (χ1n) is 8.66. The molecule has 3 rings (SSSR count). The van der Waals surface area contributed by atoms with Crippen LogP contribution in [0.2, 0.25) is 0 Å². The van der Waals surface area contributed by atoms with E-state index in [0.29, 0.717) is 21.9 Å². The Morgan fingerprint density at radius 1 is 1.30 bits per heavy atom. The summed E-state index contributed by atoms with van der Waals surface area (Å²) in [6, 6.07) is 12.0. The molecule has 8 heteroatoms. The quantitative estimate of drug-likeness (QED) is 0.356. The van der Waals surface area contributed by atoms with Crippen LogP contribution in [-0.2, 0) is 11.8 Å². The molecule has 0 aliphatic carbocycles. The summed E-state index contributed by atoms with van der Waals surface area (Å²) in [7, 11) is 3.73. The molecule has 0 spiro atoms. The van der Waals surface area contributed by atoms with Gasteiger partial charge in [0.25, 0.3) is 5.56 Å². The van der Waals surface area contributed by atoms with Gasteiger partial charge in [0.2, 0.25) is 5.91 Å². The minimum Gasteiger partial charge on any atom is -0.375 e. The summed E-state index contributed by atoms with van der Waals surface area (Å²) in [5.74, 6) is 0.187. The van der Waals surface area contributed by atoms with Gasteiger partial charge in [0, 0.05) is 32.9 Å². The highest BCUT2D eigenvalue weighted by molar-refractivity contribution is 7.99. The lowest BCUT2D eigenvalue weighted by molar-refractivity contribution is -0.118. The zero-order valence-corrected chi connectivity index (χ0v) is 17.0. The third-order valence-electron chi connectivity index (χ3n) is 4.17. The Kier molecular flexibility index (Phi) is 6.52. The maximum Gasteiger partial charge on any atom is 0.271 e. The third-order valence-corrected chi connectivity index (χ3v) is 6.09. The van der Waals surface area contributed by atoms with Gasteiger partial charge in [-0.25, -0.2) is 4.98 Å². The van der Waals surface area contributed by atoms with E-state index in [1.807, 2.05) is 36.7 Å². The van der Waals surface area contributed by atoms with Crippen LogP contribution in [0.5, 0.6) is 0 Å². The molecule has 0 bridgehead atoms. The number of carbonyl (C=O) groups excluding carboxylic acids is 1. The van der Waals surface area contributed by atoms with E-state index in [1.54, 1.807) is 7.05 Å². The number of benzene rings is 1. The fraction of sp³-hybridized carbons (Fsp3) is 0.316. The van der Waals surface area contributed by atoms with Gasteiger partial charge in [-0.2, -0.15) is 0 Å². The largest absolute Gasteiger partial charge is 0.375 e. The van der Waals surface area contributed by atoms with Crippen LogP contribution in [0.15, 0.2) is 51.7 Å². The Morgan fingerprint density at radius 2 is 2.07 bits per heavy atom. The molecular weight excluding hydrogens is 380 g/mol. The molecule has 0 saturated carbocycles. The Bertz CT molecular complexity index is 969. The van der Waals surface area contributed by atoms with Crippen LogP contribution >= 0.6 is 23.1 Å².